The third-order valence-corrected chi connectivity index (χ3v) is 3.51. The SMILES string of the molecule is FC(F)(F)c1cc(Cl)nc(Sc2ccc(Cl)cc2)c1. The maximum absolute atomic E-state index is 12.6. The van der Waals surface area contributed by atoms with Gasteiger partial charge in [0.1, 0.15) is 10.2 Å². The molecule has 2 rings (SSSR count). The average molecular weight is 324 g/mol. The molecule has 100 valence electrons. The van der Waals surface area contributed by atoms with E-state index in [1.807, 2.05) is 0 Å². The van der Waals surface area contributed by atoms with E-state index in [4.69, 9.17) is 23.2 Å². The summed E-state index contributed by atoms with van der Waals surface area (Å²) in [5, 5.41) is 0.549. The van der Waals surface area contributed by atoms with Crippen LogP contribution in [0.15, 0.2) is 46.3 Å². The van der Waals surface area contributed by atoms with E-state index < -0.39 is 11.7 Å². The van der Waals surface area contributed by atoms with Gasteiger partial charge in [-0.3, -0.25) is 0 Å². The molecular weight excluding hydrogens is 318 g/mol. The van der Waals surface area contributed by atoms with E-state index in [9.17, 15) is 13.2 Å². The van der Waals surface area contributed by atoms with E-state index in [1.54, 1.807) is 24.3 Å². The summed E-state index contributed by atoms with van der Waals surface area (Å²) in [5.74, 6) is 0. The molecule has 0 aliphatic heterocycles. The molecule has 19 heavy (non-hydrogen) atoms. The zero-order valence-electron chi connectivity index (χ0n) is 9.21. The monoisotopic (exact) mass is 323 g/mol. The summed E-state index contributed by atoms with van der Waals surface area (Å²) in [4.78, 5) is 4.59. The molecule has 0 bridgehead atoms. The lowest BCUT2D eigenvalue weighted by Gasteiger charge is -2.09. The average Bonchev–Trinajstić information content (AvgIpc) is 2.30. The molecule has 0 spiro atoms. The molecule has 0 amide bonds. The predicted molar refractivity (Wildman–Crippen MR) is 69.8 cm³/mol. The molecule has 1 aromatic heterocycles. The third kappa shape index (κ3) is 4.03. The predicted octanol–water partition coefficient (Wildman–Crippen LogP) is 5.56. The van der Waals surface area contributed by atoms with Crippen molar-refractivity contribution in [1.82, 2.24) is 4.98 Å². The van der Waals surface area contributed by atoms with Crippen molar-refractivity contribution in [2.24, 2.45) is 0 Å². The van der Waals surface area contributed by atoms with Crippen LogP contribution in [0.25, 0.3) is 0 Å². The van der Waals surface area contributed by atoms with Crippen LogP contribution in [0.2, 0.25) is 10.2 Å². The number of nitrogens with zero attached hydrogens (tertiary/aromatic N) is 1. The van der Waals surface area contributed by atoms with Gasteiger partial charge in [-0.05, 0) is 36.4 Å². The third-order valence-electron chi connectivity index (χ3n) is 2.13. The Morgan fingerprint density at radius 1 is 1.00 bits per heavy atom. The topological polar surface area (TPSA) is 12.9 Å². The van der Waals surface area contributed by atoms with Gasteiger partial charge in [0.2, 0.25) is 0 Å². The molecule has 1 aromatic carbocycles. The van der Waals surface area contributed by atoms with Crippen molar-refractivity contribution in [1.29, 1.82) is 0 Å². The lowest BCUT2D eigenvalue weighted by molar-refractivity contribution is -0.137. The first-order chi connectivity index (χ1) is 8.84. The normalized spacial score (nSPS) is 11.6. The van der Waals surface area contributed by atoms with Crippen LogP contribution in [-0.2, 0) is 6.18 Å². The van der Waals surface area contributed by atoms with Crippen LogP contribution in [0.1, 0.15) is 5.56 Å². The molecule has 0 saturated carbocycles. The zero-order chi connectivity index (χ0) is 14.0. The van der Waals surface area contributed by atoms with E-state index in [1.165, 1.54) is 0 Å². The van der Waals surface area contributed by atoms with Gasteiger partial charge in [-0.15, -0.1) is 0 Å². The first-order valence-corrected chi connectivity index (χ1v) is 6.60. The highest BCUT2D eigenvalue weighted by Gasteiger charge is 2.31. The highest BCUT2D eigenvalue weighted by molar-refractivity contribution is 7.99. The van der Waals surface area contributed by atoms with Crippen LogP contribution < -0.4 is 0 Å². The van der Waals surface area contributed by atoms with Crippen molar-refractivity contribution in [2.45, 2.75) is 16.1 Å². The van der Waals surface area contributed by atoms with Crippen molar-refractivity contribution in [3.8, 4) is 0 Å². The maximum Gasteiger partial charge on any atom is 0.416 e. The number of benzene rings is 1. The molecule has 2 aromatic rings. The minimum Gasteiger partial charge on any atom is -0.229 e. The quantitative estimate of drug-likeness (QED) is 0.671. The van der Waals surface area contributed by atoms with Gasteiger partial charge in [-0.25, -0.2) is 4.98 Å². The molecule has 0 atom stereocenters. The number of aromatic nitrogens is 1. The van der Waals surface area contributed by atoms with Gasteiger partial charge in [0.25, 0.3) is 0 Å². The molecule has 0 saturated heterocycles. The van der Waals surface area contributed by atoms with Gasteiger partial charge in [-0.2, -0.15) is 13.2 Å². The number of hydrogen-bond donors (Lipinski definition) is 0. The summed E-state index contributed by atoms with van der Waals surface area (Å²) in [5.41, 5.74) is -0.816. The summed E-state index contributed by atoms with van der Waals surface area (Å²) >= 11 is 12.4. The first-order valence-electron chi connectivity index (χ1n) is 5.03. The van der Waals surface area contributed by atoms with Crippen molar-refractivity contribution >= 4 is 35.0 Å². The molecular formula is C12H6Cl2F3NS. The molecule has 0 aliphatic rings. The largest absolute Gasteiger partial charge is 0.416 e. The van der Waals surface area contributed by atoms with Crippen LogP contribution >= 0.6 is 35.0 Å². The Morgan fingerprint density at radius 2 is 1.63 bits per heavy atom. The summed E-state index contributed by atoms with van der Waals surface area (Å²) in [7, 11) is 0. The minimum absolute atomic E-state index is 0.183. The van der Waals surface area contributed by atoms with Crippen LogP contribution in [0.4, 0.5) is 13.2 Å². The van der Waals surface area contributed by atoms with Gasteiger partial charge < -0.3 is 0 Å². The Morgan fingerprint density at radius 3 is 2.21 bits per heavy atom. The van der Waals surface area contributed by atoms with Crippen LogP contribution in [0, 0.1) is 0 Å². The molecule has 7 heteroatoms. The van der Waals surface area contributed by atoms with E-state index in [-0.39, 0.29) is 10.2 Å². The van der Waals surface area contributed by atoms with Gasteiger partial charge in [0, 0.05) is 9.92 Å². The smallest absolute Gasteiger partial charge is 0.229 e. The second-order valence-corrected chi connectivity index (χ2v) is 5.49. The standard InChI is InChI=1S/C12H6Cl2F3NS/c13-8-1-3-9(4-2-8)19-11-6-7(12(15,16)17)5-10(14)18-11/h1-6H. The lowest BCUT2D eigenvalue weighted by Crippen LogP contribution is -2.05. The maximum atomic E-state index is 12.6. The van der Waals surface area contributed by atoms with Crippen molar-refractivity contribution in [3.63, 3.8) is 0 Å². The van der Waals surface area contributed by atoms with Crippen molar-refractivity contribution in [2.75, 3.05) is 0 Å². The number of halogens is 5. The Hall–Kier alpha value is -0.910. The number of alkyl halides is 3. The van der Waals surface area contributed by atoms with Crippen LogP contribution in [-0.4, -0.2) is 4.98 Å². The van der Waals surface area contributed by atoms with Gasteiger partial charge in [0.15, 0.2) is 0 Å². The fraction of sp³-hybridized carbons (Fsp3) is 0.0833. The van der Waals surface area contributed by atoms with Gasteiger partial charge in [-0.1, -0.05) is 35.0 Å². The highest BCUT2D eigenvalue weighted by Crippen LogP contribution is 2.35. The fourth-order valence-corrected chi connectivity index (χ4v) is 2.54. The zero-order valence-corrected chi connectivity index (χ0v) is 11.5. The Labute approximate surface area is 121 Å². The first kappa shape index (κ1) is 14.5. The molecule has 0 unspecified atom stereocenters. The molecule has 1 nitrogen and oxygen atoms in total. The molecule has 0 radical (unpaired) electrons. The Balaban J connectivity index is 2.30. The minimum atomic E-state index is -4.44. The number of hydrogen-bond acceptors (Lipinski definition) is 2. The van der Waals surface area contributed by atoms with E-state index >= 15 is 0 Å². The number of rotatable bonds is 2. The Bertz CT molecular complexity index is 585. The Kier molecular flexibility index (Phi) is 4.28. The van der Waals surface area contributed by atoms with Crippen LogP contribution in [0.3, 0.4) is 0 Å². The second-order valence-electron chi connectivity index (χ2n) is 3.57. The molecule has 0 aliphatic carbocycles. The van der Waals surface area contributed by atoms with Crippen LogP contribution in [0.5, 0.6) is 0 Å². The van der Waals surface area contributed by atoms with E-state index in [2.05, 4.69) is 4.98 Å². The summed E-state index contributed by atoms with van der Waals surface area (Å²) < 4.78 is 37.9. The molecule has 0 N–H and O–H groups in total. The van der Waals surface area contributed by atoms with E-state index in [0.29, 0.717) is 5.02 Å². The van der Waals surface area contributed by atoms with Crippen molar-refractivity contribution < 1.29 is 13.2 Å². The fourth-order valence-electron chi connectivity index (χ4n) is 1.31. The lowest BCUT2D eigenvalue weighted by atomic mass is 10.3. The van der Waals surface area contributed by atoms with Gasteiger partial charge >= 0.3 is 6.18 Å². The number of pyridine rings is 1. The molecule has 1 heterocycles. The summed E-state index contributed by atoms with van der Waals surface area (Å²) in [6.45, 7) is 0. The van der Waals surface area contributed by atoms with Crippen molar-refractivity contribution in [3.05, 3.63) is 52.1 Å². The second kappa shape index (κ2) is 5.61. The molecule has 0 fully saturated rings. The van der Waals surface area contributed by atoms with E-state index in [0.717, 1.165) is 28.8 Å². The van der Waals surface area contributed by atoms with Gasteiger partial charge in [0.05, 0.1) is 5.56 Å². The summed E-state index contributed by atoms with van der Waals surface area (Å²) in [6.07, 6.45) is -4.44. The summed E-state index contributed by atoms with van der Waals surface area (Å²) in [6, 6.07) is 8.46. The highest BCUT2D eigenvalue weighted by atomic mass is 35.5.